The summed E-state index contributed by atoms with van der Waals surface area (Å²) in [5.41, 5.74) is 1.59. The number of aryl methyl sites for hydroxylation is 1. The molecule has 0 aromatic heterocycles. The number of anilines is 2. The number of piperidine rings is 1. The average molecular weight is 584 g/mol. The van der Waals surface area contributed by atoms with Crippen LogP contribution in [0.4, 0.5) is 24.5 Å². The first kappa shape index (κ1) is 29.0. The number of carbonyl (C=O) groups excluding carboxylic acids is 2. The maximum atomic E-state index is 13.7. The van der Waals surface area contributed by atoms with Crippen LogP contribution in [0, 0.1) is 12.8 Å². The van der Waals surface area contributed by atoms with Gasteiger partial charge in [-0.3, -0.25) is 9.59 Å². The van der Waals surface area contributed by atoms with Gasteiger partial charge >= 0.3 is 6.18 Å². The minimum Gasteiger partial charge on any atom is -0.382 e. The lowest BCUT2D eigenvalue weighted by molar-refractivity contribution is -0.138. The van der Waals surface area contributed by atoms with Crippen molar-refractivity contribution in [3.05, 3.63) is 94.0 Å². The summed E-state index contributed by atoms with van der Waals surface area (Å²) in [6, 6.07) is 18.1. The van der Waals surface area contributed by atoms with E-state index in [-0.39, 0.29) is 17.2 Å². The van der Waals surface area contributed by atoms with Crippen LogP contribution in [-0.2, 0) is 11.0 Å². The molecule has 0 unspecified atom stereocenters. The molecule has 2 atom stereocenters. The van der Waals surface area contributed by atoms with E-state index in [0.717, 1.165) is 30.2 Å². The molecule has 3 aromatic rings. The van der Waals surface area contributed by atoms with E-state index in [4.69, 9.17) is 11.6 Å². The highest BCUT2D eigenvalue weighted by Crippen LogP contribution is 2.39. The van der Waals surface area contributed by atoms with Crippen molar-refractivity contribution >= 4 is 34.8 Å². The molecular weight excluding hydrogens is 551 g/mol. The summed E-state index contributed by atoms with van der Waals surface area (Å²) < 4.78 is 40.6. The molecule has 216 valence electrons. The van der Waals surface area contributed by atoms with Crippen molar-refractivity contribution in [2.24, 2.45) is 5.92 Å². The Morgan fingerprint density at radius 1 is 0.878 bits per heavy atom. The Kier molecular flexibility index (Phi) is 8.59. The van der Waals surface area contributed by atoms with E-state index in [1.165, 1.54) is 31.9 Å². The smallest absolute Gasteiger partial charge is 0.382 e. The van der Waals surface area contributed by atoms with Crippen molar-refractivity contribution in [1.82, 2.24) is 4.90 Å². The van der Waals surface area contributed by atoms with E-state index in [2.05, 4.69) is 10.6 Å². The van der Waals surface area contributed by atoms with Crippen LogP contribution in [-0.4, -0.2) is 29.3 Å². The molecule has 1 saturated heterocycles. The van der Waals surface area contributed by atoms with Gasteiger partial charge in [0.15, 0.2) is 0 Å². The molecule has 0 bridgehead atoms. The summed E-state index contributed by atoms with van der Waals surface area (Å²) >= 11 is 6.04. The van der Waals surface area contributed by atoms with Gasteiger partial charge in [0.1, 0.15) is 0 Å². The molecule has 1 heterocycles. The predicted molar refractivity (Wildman–Crippen MR) is 155 cm³/mol. The van der Waals surface area contributed by atoms with Crippen LogP contribution < -0.4 is 10.6 Å². The molecule has 2 amide bonds. The van der Waals surface area contributed by atoms with Gasteiger partial charge in [0.05, 0.1) is 17.5 Å². The number of amides is 2. The topological polar surface area (TPSA) is 61.4 Å². The lowest BCUT2D eigenvalue weighted by atomic mass is 9.83. The molecule has 1 saturated carbocycles. The first-order chi connectivity index (χ1) is 19.6. The molecule has 2 N–H and O–H groups in total. The van der Waals surface area contributed by atoms with Gasteiger partial charge in [-0.15, -0.1) is 0 Å². The van der Waals surface area contributed by atoms with E-state index in [0.29, 0.717) is 36.0 Å². The second kappa shape index (κ2) is 12.1. The zero-order valence-corrected chi connectivity index (χ0v) is 23.6. The summed E-state index contributed by atoms with van der Waals surface area (Å²) in [6.45, 7) is 1.83. The Bertz CT molecular complexity index is 1390. The molecular formula is C32H33ClF3N3O2. The van der Waals surface area contributed by atoms with Crippen molar-refractivity contribution in [3.8, 4) is 0 Å². The number of benzene rings is 3. The third kappa shape index (κ3) is 6.70. The van der Waals surface area contributed by atoms with Crippen LogP contribution in [0.15, 0.2) is 66.7 Å². The van der Waals surface area contributed by atoms with Crippen LogP contribution in [0.1, 0.15) is 71.6 Å². The molecule has 1 aliphatic heterocycles. The molecule has 41 heavy (non-hydrogen) atoms. The van der Waals surface area contributed by atoms with Gasteiger partial charge in [0.25, 0.3) is 5.91 Å². The normalized spacial score (nSPS) is 19.7. The summed E-state index contributed by atoms with van der Waals surface area (Å²) in [6.07, 6.45) is 1.21. The molecule has 3 aromatic carbocycles. The van der Waals surface area contributed by atoms with Gasteiger partial charge in [-0.25, -0.2) is 0 Å². The predicted octanol–water partition coefficient (Wildman–Crippen LogP) is 8.25. The molecule has 1 aliphatic carbocycles. The van der Waals surface area contributed by atoms with Crippen LogP contribution in [0.25, 0.3) is 0 Å². The summed E-state index contributed by atoms with van der Waals surface area (Å²) in [5.74, 6) is -1.31. The Balaban J connectivity index is 1.45. The van der Waals surface area contributed by atoms with Gasteiger partial charge in [0.2, 0.25) is 5.91 Å². The molecule has 5 rings (SSSR count). The Morgan fingerprint density at radius 2 is 1.54 bits per heavy atom. The van der Waals surface area contributed by atoms with E-state index in [1.54, 1.807) is 29.2 Å². The van der Waals surface area contributed by atoms with E-state index in [1.807, 2.05) is 24.3 Å². The number of likely N-dealkylation sites (tertiary alicyclic amines) is 1. The zero-order valence-electron chi connectivity index (χ0n) is 22.8. The quantitative estimate of drug-likeness (QED) is 0.307. The highest BCUT2D eigenvalue weighted by molar-refractivity contribution is 6.30. The average Bonchev–Trinajstić information content (AvgIpc) is 3.46. The monoisotopic (exact) mass is 583 g/mol. The molecule has 9 heteroatoms. The summed E-state index contributed by atoms with van der Waals surface area (Å²) in [4.78, 5) is 29.1. The summed E-state index contributed by atoms with van der Waals surface area (Å²) in [7, 11) is 0. The van der Waals surface area contributed by atoms with E-state index < -0.39 is 29.6 Å². The van der Waals surface area contributed by atoms with E-state index in [9.17, 15) is 22.8 Å². The number of nitrogens with zero attached hydrogens (tertiary/aromatic N) is 1. The SMILES string of the molecule is Cc1ccc(NC(=O)[C@H]2CCCN(C(=O)c3ccc(Cl)cc3)[C@H]2c2ccc(NC3CCCC3)cc2)cc1C(F)(F)F. The zero-order chi connectivity index (χ0) is 29.1. The number of nitrogens with one attached hydrogen (secondary N) is 2. The maximum Gasteiger partial charge on any atom is 0.416 e. The van der Waals surface area contributed by atoms with E-state index >= 15 is 0 Å². The van der Waals surface area contributed by atoms with Gasteiger partial charge in [0, 0.05) is 34.5 Å². The highest BCUT2D eigenvalue weighted by atomic mass is 35.5. The number of carbonyl (C=O) groups is 2. The number of hydrogen-bond acceptors (Lipinski definition) is 3. The van der Waals surface area contributed by atoms with Crippen LogP contribution in [0.2, 0.25) is 5.02 Å². The molecule has 0 spiro atoms. The fourth-order valence-corrected chi connectivity index (χ4v) is 6.12. The van der Waals surface area contributed by atoms with Gasteiger partial charge in [-0.1, -0.05) is 42.6 Å². The van der Waals surface area contributed by atoms with Crippen LogP contribution in [0.3, 0.4) is 0 Å². The lowest BCUT2D eigenvalue weighted by Gasteiger charge is -2.41. The standard InChI is InChI=1S/C32H33ClF3N3O2/c1-20-8-15-26(19-28(20)32(34,35)36)38-30(40)27-7-4-18-39(31(41)22-9-13-23(33)14-10-22)29(27)21-11-16-25(17-12-21)37-24-5-2-3-6-24/h8-17,19,24,27,29,37H,2-7,18H2,1H3,(H,38,40)/t27-,29-/m0/s1. The van der Waals surface area contributed by atoms with Gasteiger partial charge < -0.3 is 15.5 Å². The largest absolute Gasteiger partial charge is 0.416 e. The number of rotatable bonds is 6. The minimum atomic E-state index is -4.53. The van der Waals surface area contributed by atoms with Crippen molar-refractivity contribution in [3.63, 3.8) is 0 Å². The Hall–Kier alpha value is -3.52. The third-order valence-corrected chi connectivity index (χ3v) is 8.36. The number of halogens is 4. The van der Waals surface area contributed by atoms with Gasteiger partial charge in [-0.2, -0.15) is 13.2 Å². The number of alkyl halides is 3. The highest BCUT2D eigenvalue weighted by Gasteiger charge is 2.40. The third-order valence-electron chi connectivity index (χ3n) is 8.11. The number of hydrogen-bond donors (Lipinski definition) is 2. The van der Waals surface area contributed by atoms with Gasteiger partial charge in [-0.05, 0) is 92.3 Å². The lowest BCUT2D eigenvalue weighted by Crippen LogP contribution is -2.46. The Labute approximate surface area is 243 Å². The summed E-state index contributed by atoms with van der Waals surface area (Å²) in [5, 5.41) is 6.78. The first-order valence-electron chi connectivity index (χ1n) is 14.0. The second-order valence-corrected chi connectivity index (χ2v) is 11.4. The Morgan fingerprint density at radius 3 is 2.20 bits per heavy atom. The van der Waals surface area contributed by atoms with Crippen molar-refractivity contribution in [1.29, 1.82) is 0 Å². The molecule has 5 nitrogen and oxygen atoms in total. The fourth-order valence-electron chi connectivity index (χ4n) is 5.99. The van der Waals surface area contributed by atoms with Crippen LogP contribution >= 0.6 is 11.6 Å². The van der Waals surface area contributed by atoms with Crippen LogP contribution in [0.5, 0.6) is 0 Å². The minimum absolute atomic E-state index is 0.0731. The fraction of sp³-hybridized carbons (Fsp3) is 0.375. The maximum absolute atomic E-state index is 13.7. The molecule has 2 fully saturated rings. The van der Waals surface area contributed by atoms with Crippen molar-refractivity contribution in [2.75, 3.05) is 17.2 Å². The molecule has 0 radical (unpaired) electrons. The van der Waals surface area contributed by atoms with Crippen molar-refractivity contribution in [2.45, 2.75) is 63.7 Å². The first-order valence-corrected chi connectivity index (χ1v) is 14.4. The van der Waals surface area contributed by atoms with Crippen molar-refractivity contribution < 1.29 is 22.8 Å². The second-order valence-electron chi connectivity index (χ2n) is 11.0. The molecule has 2 aliphatic rings.